The number of halogens is 2. The molecule has 22 heavy (non-hydrogen) atoms. The first kappa shape index (κ1) is 14.7. The minimum atomic E-state index is -0.835. The molecule has 3 rings (SSSR count). The van der Waals surface area contributed by atoms with Crippen LogP contribution in [0.5, 0.6) is 0 Å². The zero-order chi connectivity index (χ0) is 15.5. The van der Waals surface area contributed by atoms with Crippen LogP contribution < -0.4 is 0 Å². The Kier molecular flexibility index (Phi) is 4.20. The molecular weight excluding hydrogens is 304 g/mol. The van der Waals surface area contributed by atoms with Crippen LogP contribution in [0.2, 0.25) is 0 Å². The van der Waals surface area contributed by atoms with E-state index in [1.165, 1.54) is 17.8 Å². The number of para-hydroxylation sites is 1. The molecule has 0 amide bonds. The normalized spacial score (nSPS) is 10.9. The van der Waals surface area contributed by atoms with Crippen molar-refractivity contribution in [3.8, 4) is 5.69 Å². The minimum Gasteiger partial charge on any atom is -0.276 e. The average molecular weight is 317 g/mol. The zero-order valence-corrected chi connectivity index (χ0v) is 12.6. The highest BCUT2D eigenvalue weighted by atomic mass is 32.2. The van der Waals surface area contributed by atoms with Crippen molar-refractivity contribution < 1.29 is 8.78 Å². The largest absolute Gasteiger partial charge is 0.276 e. The third-order valence-electron chi connectivity index (χ3n) is 3.28. The van der Waals surface area contributed by atoms with Crippen molar-refractivity contribution in [2.45, 2.75) is 17.8 Å². The van der Waals surface area contributed by atoms with E-state index in [0.29, 0.717) is 10.7 Å². The Morgan fingerprint density at radius 1 is 1.09 bits per heavy atom. The summed E-state index contributed by atoms with van der Waals surface area (Å²) in [6, 6.07) is 12.0. The fraction of sp³-hybridized carbons (Fsp3) is 0.125. The standard InChI is InChI=1S/C16H13F2N3S/c1-11-5-2-3-8-14(11)21-10-19-20-16(21)22-9-12-6-4-7-13(17)15(12)18/h2-8,10H,9H2,1H3. The molecule has 0 aliphatic heterocycles. The van der Waals surface area contributed by atoms with Gasteiger partial charge in [0.2, 0.25) is 0 Å². The van der Waals surface area contributed by atoms with Crippen LogP contribution in [0.4, 0.5) is 8.78 Å². The number of hydrogen-bond donors (Lipinski definition) is 0. The highest BCUT2D eigenvalue weighted by molar-refractivity contribution is 7.98. The molecule has 0 saturated heterocycles. The van der Waals surface area contributed by atoms with Crippen molar-refractivity contribution in [3.05, 3.63) is 71.6 Å². The molecule has 0 bridgehead atoms. The van der Waals surface area contributed by atoms with Crippen molar-refractivity contribution in [1.29, 1.82) is 0 Å². The van der Waals surface area contributed by atoms with Crippen LogP contribution >= 0.6 is 11.8 Å². The molecule has 0 spiro atoms. The van der Waals surface area contributed by atoms with E-state index in [1.54, 1.807) is 12.4 Å². The van der Waals surface area contributed by atoms with Crippen LogP contribution in [0.1, 0.15) is 11.1 Å². The maximum Gasteiger partial charge on any atom is 0.195 e. The van der Waals surface area contributed by atoms with Gasteiger partial charge in [-0.05, 0) is 24.6 Å². The van der Waals surface area contributed by atoms with Gasteiger partial charge in [-0.25, -0.2) is 8.78 Å². The van der Waals surface area contributed by atoms with Crippen molar-refractivity contribution in [3.63, 3.8) is 0 Å². The van der Waals surface area contributed by atoms with Gasteiger partial charge in [-0.3, -0.25) is 4.57 Å². The average Bonchev–Trinajstić information content (AvgIpc) is 2.97. The summed E-state index contributed by atoms with van der Waals surface area (Å²) in [4.78, 5) is 0. The van der Waals surface area contributed by atoms with Gasteiger partial charge in [0.15, 0.2) is 16.8 Å². The number of rotatable bonds is 4. The molecule has 0 N–H and O–H groups in total. The Hall–Kier alpha value is -2.21. The van der Waals surface area contributed by atoms with Crippen molar-refractivity contribution in [1.82, 2.24) is 14.8 Å². The summed E-state index contributed by atoms with van der Waals surface area (Å²) < 4.78 is 28.8. The maximum absolute atomic E-state index is 13.7. The third kappa shape index (κ3) is 2.87. The minimum absolute atomic E-state index is 0.286. The molecular formula is C16H13F2N3S. The molecule has 0 aliphatic rings. The van der Waals surface area contributed by atoms with E-state index in [4.69, 9.17) is 0 Å². The molecule has 112 valence electrons. The number of aromatic nitrogens is 3. The van der Waals surface area contributed by atoms with E-state index in [9.17, 15) is 8.78 Å². The van der Waals surface area contributed by atoms with Gasteiger partial charge in [-0.1, -0.05) is 42.1 Å². The fourth-order valence-corrected chi connectivity index (χ4v) is 3.02. The summed E-state index contributed by atoms with van der Waals surface area (Å²) in [7, 11) is 0. The van der Waals surface area contributed by atoms with Gasteiger partial charge < -0.3 is 0 Å². The molecule has 1 aromatic heterocycles. The lowest BCUT2D eigenvalue weighted by Crippen LogP contribution is -1.98. The number of thioether (sulfide) groups is 1. The summed E-state index contributed by atoms with van der Waals surface area (Å²) in [5.74, 6) is -1.36. The topological polar surface area (TPSA) is 30.7 Å². The lowest BCUT2D eigenvalue weighted by molar-refractivity contribution is 0.502. The number of nitrogens with zero attached hydrogens (tertiary/aromatic N) is 3. The van der Waals surface area contributed by atoms with Gasteiger partial charge in [-0.15, -0.1) is 10.2 Å². The van der Waals surface area contributed by atoms with Crippen molar-refractivity contribution in [2.24, 2.45) is 0 Å². The maximum atomic E-state index is 13.7. The van der Waals surface area contributed by atoms with Gasteiger partial charge in [0.05, 0.1) is 5.69 Å². The smallest absolute Gasteiger partial charge is 0.195 e. The Morgan fingerprint density at radius 3 is 2.73 bits per heavy atom. The molecule has 0 unspecified atom stereocenters. The predicted octanol–water partition coefficient (Wildman–Crippen LogP) is 4.15. The highest BCUT2D eigenvalue weighted by Crippen LogP contribution is 2.26. The molecule has 3 nitrogen and oxygen atoms in total. The van der Waals surface area contributed by atoms with Crippen LogP contribution in [0, 0.1) is 18.6 Å². The highest BCUT2D eigenvalue weighted by Gasteiger charge is 2.12. The summed E-state index contributed by atoms with van der Waals surface area (Å²) >= 11 is 1.32. The van der Waals surface area contributed by atoms with Gasteiger partial charge in [0.25, 0.3) is 0 Å². The van der Waals surface area contributed by atoms with Crippen LogP contribution in [0.15, 0.2) is 53.9 Å². The van der Waals surface area contributed by atoms with Crippen molar-refractivity contribution in [2.75, 3.05) is 0 Å². The summed E-state index contributed by atoms with van der Waals surface area (Å²) in [6.45, 7) is 2.00. The second kappa shape index (κ2) is 6.27. The molecule has 0 saturated carbocycles. The molecule has 6 heteroatoms. The second-order valence-electron chi connectivity index (χ2n) is 4.77. The monoisotopic (exact) mass is 317 g/mol. The molecule has 0 aliphatic carbocycles. The molecule has 0 fully saturated rings. The first-order valence-electron chi connectivity index (χ1n) is 6.68. The Bertz CT molecular complexity index is 802. The first-order valence-corrected chi connectivity index (χ1v) is 7.67. The fourth-order valence-electron chi connectivity index (χ4n) is 2.12. The lowest BCUT2D eigenvalue weighted by atomic mass is 10.2. The molecule has 0 atom stereocenters. The van der Waals surface area contributed by atoms with E-state index < -0.39 is 11.6 Å². The van der Waals surface area contributed by atoms with Crippen LogP contribution in [0.3, 0.4) is 0 Å². The summed E-state index contributed by atoms with van der Waals surface area (Å²) in [5, 5.41) is 8.61. The molecule has 0 radical (unpaired) electrons. The Morgan fingerprint density at radius 2 is 1.91 bits per heavy atom. The van der Waals surface area contributed by atoms with E-state index in [1.807, 2.05) is 35.8 Å². The third-order valence-corrected chi connectivity index (χ3v) is 4.27. The number of benzene rings is 2. The summed E-state index contributed by atoms with van der Waals surface area (Å²) in [5.41, 5.74) is 2.36. The number of hydrogen-bond acceptors (Lipinski definition) is 3. The van der Waals surface area contributed by atoms with Crippen LogP contribution in [0.25, 0.3) is 5.69 Å². The van der Waals surface area contributed by atoms with E-state index in [-0.39, 0.29) is 5.75 Å². The summed E-state index contributed by atoms with van der Waals surface area (Å²) in [6.07, 6.45) is 1.62. The first-order chi connectivity index (χ1) is 10.7. The Labute approximate surface area is 131 Å². The zero-order valence-electron chi connectivity index (χ0n) is 11.8. The van der Waals surface area contributed by atoms with E-state index in [2.05, 4.69) is 10.2 Å². The van der Waals surface area contributed by atoms with E-state index in [0.717, 1.165) is 17.3 Å². The van der Waals surface area contributed by atoms with Gasteiger partial charge in [-0.2, -0.15) is 0 Å². The molecule has 1 heterocycles. The van der Waals surface area contributed by atoms with Crippen molar-refractivity contribution >= 4 is 11.8 Å². The van der Waals surface area contributed by atoms with Gasteiger partial charge in [0, 0.05) is 11.3 Å². The SMILES string of the molecule is Cc1ccccc1-n1cnnc1SCc1cccc(F)c1F. The lowest BCUT2D eigenvalue weighted by Gasteiger charge is -2.09. The molecule has 3 aromatic rings. The quantitative estimate of drug-likeness (QED) is 0.677. The van der Waals surface area contributed by atoms with Gasteiger partial charge in [0.1, 0.15) is 6.33 Å². The van der Waals surface area contributed by atoms with Crippen LogP contribution in [-0.2, 0) is 5.75 Å². The molecule has 2 aromatic carbocycles. The Balaban J connectivity index is 1.85. The van der Waals surface area contributed by atoms with E-state index >= 15 is 0 Å². The van der Waals surface area contributed by atoms with Gasteiger partial charge >= 0.3 is 0 Å². The number of aryl methyl sites for hydroxylation is 1. The second-order valence-corrected chi connectivity index (χ2v) is 5.71. The van der Waals surface area contributed by atoms with Crippen LogP contribution in [-0.4, -0.2) is 14.8 Å². The predicted molar refractivity (Wildman–Crippen MR) is 82.0 cm³/mol.